The molecule has 1 amide bonds. The summed E-state index contributed by atoms with van der Waals surface area (Å²) in [5.41, 5.74) is 0. The van der Waals surface area contributed by atoms with Crippen molar-refractivity contribution in [2.24, 2.45) is 5.92 Å². The normalized spacial score (nSPS) is 24.7. The number of amides is 1. The summed E-state index contributed by atoms with van der Waals surface area (Å²) in [5, 5.41) is 2.70. The third-order valence-corrected chi connectivity index (χ3v) is 2.13. The summed E-state index contributed by atoms with van der Waals surface area (Å²) in [6.45, 7) is 3.59. The minimum absolute atomic E-state index is 0.129. The monoisotopic (exact) mass is 197 g/mol. The maximum atomic E-state index is 11.4. The molecule has 0 radical (unpaired) electrons. The molecular formula is C10H15NO3. The van der Waals surface area contributed by atoms with Gasteiger partial charge in [-0.25, -0.2) is 0 Å². The summed E-state index contributed by atoms with van der Waals surface area (Å²) in [6, 6.07) is -0.202. The van der Waals surface area contributed by atoms with E-state index < -0.39 is 0 Å². The number of rotatable bonds is 3. The first kappa shape index (κ1) is 10.8. The molecule has 1 rings (SSSR count). The first-order chi connectivity index (χ1) is 6.65. The van der Waals surface area contributed by atoms with Crippen LogP contribution in [-0.2, 0) is 14.3 Å². The predicted octanol–water partition coefficient (Wildman–Crippen LogP) is 0.630. The van der Waals surface area contributed by atoms with Crippen LogP contribution in [0.3, 0.4) is 0 Å². The van der Waals surface area contributed by atoms with E-state index in [0.717, 1.165) is 0 Å². The van der Waals surface area contributed by atoms with Crippen molar-refractivity contribution in [2.75, 3.05) is 6.61 Å². The molecule has 2 atom stereocenters. The second kappa shape index (κ2) is 4.79. The standard InChI is InChI=1S/C10H15NO3/c1-3-14-10(13)8-5-4-6-9(8)11-7(2)12/h4,6,8-9H,3,5H2,1-2H3,(H,11,12)/t8-,9-/m0/s1. The number of esters is 1. The fraction of sp³-hybridized carbons (Fsp3) is 0.600. The lowest BCUT2D eigenvalue weighted by molar-refractivity contribution is -0.148. The fourth-order valence-electron chi connectivity index (χ4n) is 1.53. The van der Waals surface area contributed by atoms with Crippen LogP contribution in [0.2, 0.25) is 0 Å². The maximum Gasteiger partial charge on any atom is 0.311 e. The second-order valence-corrected chi connectivity index (χ2v) is 3.25. The summed E-state index contributed by atoms with van der Waals surface area (Å²) in [5.74, 6) is -0.619. The summed E-state index contributed by atoms with van der Waals surface area (Å²) < 4.78 is 4.91. The molecule has 0 heterocycles. The van der Waals surface area contributed by atoms with Crippen LogP contribution in [-0.4, -0.2) is 24.5 Å². The largest absolute Gasteiger partial charge is 0.466 e. The van der Waals surface area contributed by atoms with Crippen LogP contribution in [0.15, 0.2) is 12.2 Å². The molecule has 0 unspecified atom stereocenters. The van der Waals surface area contributed by atoms with Gasteiger partial charge in [0.05, 0.1) is 18.6 Å². The Morgan fingerprint density at radius 2 is 2.29 bits per heavy atom. The van der Waals surface area contributed by atoms with E-state index in [2.05, 4.69) is 5.32 Å². The molecule has 0 bridgehead atoms. The van der Waals surface area contributed by atoms with E-state index in [9.17, 15) is 9.59 Å². The summed E-state index contributed by atoms with van der Waals surface area (Å²) in [7, 11) is 0. The Hall–Kier alpha value is -1.32. The summed E-state index contributed by atoms with van der Waals surface area (Å²) in [6.07, 6.45) is 4.37. The molecule has 78 valence electrons. The van der Waals surface area contributed by atoms with Crippen molar-refractivity contribution < 1.29 is 14.3 Å². The predicted molar refractivity (Wildman–Crippen MR) is 51.5 cm³/mol. The molecule has 1 aliphatic rings. The number of allylic oxidation sites excluding steroid dienone is 1. The SMILES string of the molecule is CCOC(=O)[C@H]1CC=C[C@@H]1NC(C)=O. The first-order valence-electron chi connectivity index (χ1n) is 4.75. The number of hydrogen-bond donors (Lipinski definition) is 1. The topological polar surface area (TPSA) is 55.4 Å². The molecule has 4 heteroatoms. The Labute approximate surface area is 83.3 Å². The van der Waals surface area contributed by atoms with E-state index in [4.69, 9.17) is 4.74 Å². The van der Waals surface area contributed by atoms with Crippen LogP contribution < -0.4 is 5.32 Å². The Balaban J connectivity index is 2.53. The van der Waals surface area contributed by atoms with Gasteiger partial charge in [-0.15, -0.1) is 0 Å². The lowest BCUT2D eigenvalue weighted by atomic mass is 10.0. The number of carbonyl (C=O) groups is 2. The molecule has 0 saturated carbocycles. The van der Waals surface area contributed by atoms with Gasteiger partial charge in [-0.3, -0.25) is 9.59 Å². The minimum Gasteiger partial charge on any atom is -0.466 e. The highest BCUT2D eigenvalue weighted by Crippen LogP contribution is 2.20. The van der Waals surface area contributed by atoms with Gasteiger partial charge in [0.1, 0.15) is 0 Å². The van der Waals surface area contributed by atoms with Gasteiger partial charge in [-0.1, -0.05) is 12.2 Å². The molecule has 0 aliphatic heterocycles. The molecule has 0 fully saturated rings. The average molecular weight is 197 g/mol. The third-order valence-electron chi connectivity index (χ3n) is 2.13. The van der Waals surface area contributed by atoms with Gasteiger partial charge in [0.15, 0.2) is 0 Å². The van der Waals surface area contributed by atoms with Gasteiger partial charge in [-0.05, 0) is 13.3 Å². The lowest BCUT2D eigenvalue weighted by Crippen LogP contribution is -2.39. The highest BCUT2D eigenvalue weighted by molar-refractivity contribution is 5.78. The van der Waals surface area contributed by atoms with E-state index in [-0.39, 0.29) is 23.8 Å². The zero-order valence-electron chi connectivity index (χ0n) is 8.45. The Morgan fingerprint density at radius 3 is 2.86 bits per heavy atom. The van der Waals surface area contributed by atoms with Gasteiger partial charge in [0.2, 0.25) is 5.91 Å². The molecular weight excluding hydrogens is 182 g/mol. The Bertz CT molecular complexity index is 260. The van der Waals surface area contributed by atoms with E-state index in [1.807, 2.05) is 12.2 Å². The molecule has 4 nitrogen and oxygen atoms in total. The van der Waals surface area contributed by atoms with Crippen molar-refractivity contribution in [1.82, 2.24) is 5.32 Å². The summed E-state index contributed by atoms with van der Waals surface area (Å²) >= 11 is 0. The van der Waals surface area contributed by atoms with Crippen molar-refractivity contribution in [3.8, 4) is 0 Å². The van der Waals surface area contributed by atoms with Crippen molar-refractivity contribution in [3.63, 3.8) is 0 Å². The highest BCUT2D eigenvalue weighted by atomic mass is 16.5. The first-order valence-corrected chi connectivity index (χ1v) is 4.75. The zero-order valence-corrected chi connectivity index (χ0v) is 8.45. The summed E-state index contributed by atoms with van der Waals surface area (Å²) in [4.78, 5) is 22.3. The lowest BCUT2D eigenvalue weighted by Gasteiger charge is -2.17. The van der Waals surface area contributed by atoms with Crippen LogP contribution in [0.25, 0.3) is 0 Å². The molecule has 0 saturated heterocycles. The number of nitrogens with one attached hydrogen (secondary N) is 1. The van der Waals surface area contributed by atoms with E-state index >= 15 is 0 Å². The Morgan fingerprint density at radius 1 is 1.57 bits per heavy atom. The van der Waals surface area contributed by atoms with Crippen LogP contribution in [0.5, 0.6) is 0 Å². The van der Waals surface area contributed by atoms with E-state index in [1.165, 1.54) is 6.92 Å². The van der Waals surface area contributed by atoms with Gasteiger partial charge in [-0.2, -0.15) is 0 Å². The van der Waals surface area contributed by atoms with E-state index in [0.29, 0.717) is 13.0 Å². The smallest absolute Gasteiger partial charge is 0.311 e. The van der Waals surface area contributed by atoms with Gasteiger partial charge < -0.3 is 10.1 Å². The van der Waals surface area contributed by atoms with Crippen LogP contribution in [0.1, 0.15) is 20.3 Å². The molecule has 1 aliphatic carbocycles. The van der Waals surface area contributed by atoms with E-state index in [1.54, 1.807) is 6.92 Å². The number of carbonyl (C=O) groups excluding carboxylic acids is 2. The third kappa shape index (κ3) is 2.58. The number of ether oxygens (including phenoxy) is 1. The quantitative estimate of drug-likeness (QED) is 0.533. The fourth-order valence-corrected chi connectivity index (χ4v) is 1.53. The van der Waals surface area contributed by atoms with Crippen molar-refractivity contribution in [1.29, 1.82) is 0 Å². The van der Waals surface area contributed by atoms with Crippen LogP contribution in [0, 0.1) is 5.92 Å². The molecule has 0 spiro atoms. The molecule has 1 N–H and O–H groups in total. The van der Waals surface area contributed by atoms with Gasteiger partial charge in [0.25, 0.3) is 0 Å². The average Bonchev–Trinajstić information content (AvgIpc) is 2.51. The molecule has 14 heavy (non-hydrogen) atoms. The molecule has 0 aromatic carbocycles. The van der Waals surface area contributed by atoms with Gasteiger partial charge in [0, 0.05) is 6.92 Å². The maximum absolute atomic E-state index is 11.4. The second-order valence-electron chi connectivity index (χ2n) is 3.25. The van der Waals surface area contributed by atoms with Crippen molar-refractivity contribution >= 4 is 11.9 Å². The Kier molecular flexibility index (Phi) is 3.68. The van der Waals surface area contributed by atoms with Crippen LogP contribution in [0.4, 0.5) is 0 Å². The zero-order chi connectivity index (χ0) is 10.6. The van der Waals surface area contributed by atoms with Gasteiger partial charge >= 0.3 is 5.97 Å². The minimum atomic E-state index is -0.251. The highest BCUT2D eigenvalue weighted by Gasteiger charge is 2.30. The molecule has 0 aromatic rings. The molecule has 0 aromatic heterocycles. The van der Waals surface area contributed by atoms with Crippen molar-refractivity contribution in [3.05, 3.63) is 12.2 Å². The number of hydrogen-bond acceptors (Lipinski definition) is 3. The van der Waals surface area contributed by atoms with Crippen molar-refractivity contribution in [2.45, 2.75) is 26.3 Å². The van der Waals surface area contributed by atoms with Crippen LogP contribution >= 0.6 is 0 Å².